The maximum absolute atomic E-state index is 11.0. The van der Waals surface area contributed by atoms with Crippen LogP contribution in [0.2, 0.25) is 0 Å². The third-order valence-electron chi connectivity index (χ3n) is 1.63. The zero-order chi connectivity index (χ0) is 11.6. The van der Waals surface area contributed by atoms with Gasteiger partial charge in [-0.2, -0.15) is 4.99 Å². The molecule has 8 heteroatoms. The molecule has 15 heavy (non-hydrogen) atoms. The Kier molecular flexibility index (Phi) is 2.71. The number of carbonyl (C=O) groups is 3. The Morgan fingerprint density at radius 3 is 2.40 bits per heavy atom. The maximum atomic E-state index is 11.0. The minimum Gasteiger partial charge on any atom is -0.357 e. The fourth-order valence-corrected chi connectivity index (χ4v) is 1.04. The molecule has 0 aliphatic carbocycles. The second-order valence-electron chi connectivity index (χ2n) is 2.51. The number of nitrogens with zero attached hydrogens (tertiary/aromatic N) is 1. The molecule has 1 fully saturated rings. The number of amides is 5. The Hall–Kier alpha value is -1.96. The SMILES string of the molecule is CC.O=C1N=C2NC(=O)NC(=O)C2(O)N1. The number of carbonyl (C=O) groups excluding carboxylic acids is 3. The van der Waals surface area contributed by atoms with Gasteiger partial charge in [0.2, 0.25) is 0 Å². The summed E-state index contributed by atoms with van der Waals surface area (Å²) in [4.78, 5) is 35.6. The zero-order valence-corrected chi connectivity index (χ0v) is 8.12. The van der Waals surface area contributed by atoms with E-state index in [9.17, 15) is 19.5 Å². The average Bonchev–Trinajstić information content (AvgIpc) is 2.45. The number of aliphatic imine (C=N–C) groups is 1. The Morgan fingerprint density at radius 2 is 1.80 bits per heavy atom. The monoisotopic (exact) mass is 214 g/mol. The number of amidine groups is 1. The smallest absolute Gasteiger partial charge is 0.345 e. The van der Waals surface area contributed by atoms with Gasteiger partial charge in [0.15, 0.2) is 5.84 Å². The highest BCUT2D eigenvalue weighted by Crippen LogP contribution is 2.12. The van der Waals surface area contributed by atoms with Gasteiger partial charge in [-0.3, -0.25) is 20.7 Å². The van der Waals surface area contributed by atoms with Crippen LogP contribution in [0.25, 0.3) is 0 Å². The summed E-state index contributed by atoms with van der Waals surface area (Å²) in [6, 6.07) is -1.71. The van der Waals surface area contributed by atoms with Gasteiger partial charge in [0.1, 0.15) is 0 Å². The molecule has 0 aromatic carbocycles. The van der Waals surface area contributed by atoms with E-state index in [2.05, 4.69) is 4.99 Å². The summed E-state index contributed by atoms with van der Waals surface area (Å²) in [5.74, 6) is -1.42. The Bertz CT molecular complexity index is 364. The van der Waals surface area contributed by atoms with Crippen LogP contribution in [0, 0.1) is 0 Å². The second-order valence-corrected chi connectivity index (χ2v) is 2.51. The number of nitrogens with one attached hydrogen (secondary N) is 3. The molecule has 1 saturated heterocycles. The first-order valence-electron chi connectivity index (χ1n) is 4.28. The first-order valence-corrected chi connectivity index (χ1v) is 4.28. The highest BCUT2D eigenvalue weighted by atomic mass is 16.3. The van der Waals surface area contributed by atoms with Gasteiger partial charge in [0.05, 0.1) is 0 Å². The van der Waals surface area contributed by atoms with Gasteiger partial charge in [0.25, 0.3) is 11.6 Å². The summed E-state index contributed by atoms with van der Waals surface area (Å²) >= 11 is 0. The lowest BCUT2D eigenvalue weighted by Gasteiger charge is -2.26. The van der Waals surface area contributed by atoms with Crippen LogP contribution >= 0.6 is 0 Å². The summed E-state index contributed by atoms with van der Waals surface area (Å²) in [6.07, 6.45) is 0. The molecule has 4 N–H and O–H groups in total. The highest BCUT2D eigenvalue weighted by Gasteiger charge is 2.52. The van der Waals surface area contributed by atoms with Crippen LogP contribution in [0.1, 0.15) is 13.8 Å². The van der Waals surface area contributed by atoms with Crippen molar-refractivity contribution in [1.29, 1.82) is 0 Å². The number of imide groups is 1. The highest BCUT2D eigenvalue weighted by molar-refractivity contribution is 6.27. The van der Waals surface area contributed by atoms with E-state index >= 15 is 0 Å². The average molecular weight is 214 g/mol. The lowest BCUT2D eigenvalue weighted by atomic mass is 10.1. The third kappa shape index (κ3) is 1.66. The van der Waals surface area contributed by atoms with Crippen LogP contribution in [-0.4, -0.2) is 34.6 Å². The van der Waals surface area contributed by atoms with Crippen molar-refractivity contribution in [2.24, 2.45) is 4.99 Å². The minimum absolute atomic E-state index is 0.397. The molecule has 1 atom stereocenters. The first kappa shape index (κ1) is 11.1. The van der Waals surface area contributed by atoms with Crippen molar-refractivity contribution in [3.8, 4) is 0 Å². The van der Waals surface area contributed by atoms with Gasteiger partial charge in [-0.1, -0.05) is 13.8 Å². The number of urea groups is 2. The van der Waals surface area contributed by atoms with E-state index in [0.29, 0.717) is 0 Å². The van der Waals surface area contributed by atoms with Gasteiger partial charge >= 0.3 is 12.1 Å². The summed E-state index contributed by atoms with van der Waals surface area (Å²) in [6.45, 7) is 4.00. The van der Waals surface area contributed by atoms with Gasteiger partial charge in [0, 0.05) is 0 Å². The summed E-state index contributed by atoms with van der Waals surface area (Å²) in [5.41, 5.74) is -2.23. The molecule has 5 amide bonds. The number of aliphatic hydroxyl groups is 1. The standard InChI is InChI=1S/C5H4N4O4.C2H6/c10-2-5(13)1(6-3(11)8-2)7-4(12)9-5;1-2/h13H,(H3,6,7,8,9,10,11,12);1-2H3. The van der Waals surface area contributed by atoms with E-state index < -0.39 is 29.5 Å². The van der Waals surface area contributed by atoms with Gasteiger partial charge < -0.3 is 5.11 Å². The van der Waals surface area contributed by atoms with Crippen LogP contribution < -0.4 is 16.0 Å². The molecule has 0 aromatic heterocycles. The molecule has 0 bridgehead atoms. The van der Waals surface area contributed by atoms with Crippen molar-refractivity contribution >= 4 is 23.8 Å². The van der Waals surface area contributed by atoms with Crippen molar-refractivity contribution < 1.29 is 19.5 Å². The zero-order valence-electron chi connectivity index (χ0n) is 8.12. The van der Waals surface area contributed by atoms with E-state index in [1.165, 1.54) is 0 Å². The lowest BCUT2D eigenvalue weighted by molar-refractivity contribution is -0.134. The van der Waals surface area contributed by atoms with Gasteiger partial charge in [-0.25, -0.2) is 9.59 Å². The van der Waals surface area contributed by atoms with Crippen molar-refractivity contribution in [2.45, 2.75) is 19.6 Å². The normalized spacial score (nSPS) is 27.7. The largest absolute Gasteiger partial charge is 0.357 e. The minimum atomic E-state index is -2.23. The van der Waals surface area contributed by atoms with Crippen molar-refractivity contribution in [1.82, 2.24) is 16.0 Å². The van der Waals surface area contributed by atoms with Crippen molar-refractivity contribution in [3.63, 3.8) is 0 Å². The second kappa shape index (κ2) is 3.65. The summed E-state index contributed by atoms with van der Waals surface area (Å²) in [7, 11) is 0. The molecular formula is C7H10N4O4. The Morgan fingerprint density at radius 1 is 1.20 bits per heavy atom. The Labute approximate surface area is 84.7 Å². The molecule has 0 radical (unpaired) electrons. The van der Waals surface area contributed by atoms with E-state index in [4.69, 9.17) is 0 Å². The summed E-state index contributed by atoms with van der Waals surface area (Å²) < 4.78 is 0. The molecule has 0 aromatic rings. The Balaban J connectivity index is 0.000000531. The molecule has 2 rings (SSSR count). The summed E-state index contributed by atoms with van der Waals surface area (Å²) in [5, 5.41) is 15.2. The van der Waals surface area contributed by atoms with E-state index in [1.54, 1.807) is 5.32 Å². The predicted octanol–water partition coefficient (Wildman–Crippen LogP) is -1.34. The topological polar surface area (TPSA) is 120 Å². The third-order valence-corrected chi connectivity index (χ3v) is 1.63. The van der Waals surface area contributed by atoms with Gasteiger partial charge in [-0.15, -0.1) is 0 Å². The molecule has 1 unspecified atom stereocenters. The predicted molar refractivity (Wildman–Crippen MR) is 48.9 cm³/mol. The number of hydrogen-bond donors (Lipinski definition) is 4. The molecular weight excluding hydrogens is 204 g/mol. The van der Waals surface area contributed by atoms with E-state index in [0.717, 1.165) is 0 Å². The lowest BCUT2D eigenvalue weighted by Crippen LogP contribution is -2.70. The molecule has 82 valence electrons. The van der Waals surface area contributed by atoms with Crippen LogP contribution in [0.4, 0.5) is 9.59 Å². The maximum Gasteiger partial charge on any atom is 0.345 e. The van der Waals surface area contributed by atoms with E-state index in [-0.39, 0.29) is 0 Å². The molecule has 0 spiro atoms. The number of hydrogen-bond acceptors (Lipinski definition) is 4. The molecule has 0 saturated carbocycles. The molecule has 2 aliphatic rings. The van der Waals surface area contributed by atoms with Crippen LogP contribution in [0.5, 0.6) is 0 Å². The van der Waals surface area contributed by atoms with Crippen molar-refractivity contribution in [2.75, 3.05) is 0 Å². The number of fused-ring (bicyclic) bond motifs is 1. The van der Waals surface area contributed by atoms with Crippen LogP contribution in [-0.2, 0) is 4.79 Å². The first-order chi connectivity index (χ1) is 7.02. The molecule has 8 nitrogen and oxygen atoms in total. The fourth-order valence-electron chi connectivity index (χ4n) is 1.04. The van der Waals surface area contributed by atoms with Crippen LogP contribution in [0.3, 0.4) is 0 Å². The van der Waals surface area contributed by atoms with Crippen molar-refractivity contribution in [3.05, 3.63) is 0 Å². The molecule has 2 aliphatic heterocycles. The molecule has 2 heterocycles. The van der Waals surface area contributed by atoms with E-state index in [1.807, 2.05) is 24.5 Å². The van der Waals surface area contributed by atoms with Crippen LogP contribution in [0.15, 0.2) is 4.99 Å². The fraction of sp³-hybridized carbons (Fsp3) is 0.429. The quantitative estimate of drug-likeness (QED) is 0.399. The van der Waals surface area contributed by atoms with Gasteiger partial charge in [-0.05, 0) is 0 Å². The number of rotatable bonds is 0.